The van der Waals surface area contributed by atoms with Crippen molar-refractivity contribution in [1.29, 1.82) is 0 Å². The minimum Gasteiger partial charge on any atom is -0.388 e. The minimum atomic E-state index is -0.590. The van der Waals surface area contributed by atoms with Crippen molar-refractivity contribution in [3.63, 3.8) is 0 Å². The van der Waals surface area contributed by atoms with Crippen molar-refractivity contribution < 1.29 is 5.11 Å². The average Bonchev–Trinajstić information content (AvgIpc) is 2.14. The molecule has 0 heterocycles. The van der Waals surface area contributed by atoms with Gasteiger partial charge in [-0.15, -0.1) is 0 Å². The van der Waals surface area contributed by atoms with Crippen LogP contribution in [-0.4, -0.2) is 30.3 Å². The maximum atomic E-state index is 10.2. The molecule has 4 nitrogen and oxygen atoms in total. The Kier molecular flexibility index (Phi) is 3.75. The van der Waals surface area contributed by atoms with Gasteiger partial charge in [0.1, 0.15) is 0 Å². The van der Waals surface area contributed by atoms with Crippen LogP contribution in [0.3, 0.4) is 0 Å². The molecule has 82 valence electrons. The van der Waals surface area contributed by atoms with Crippen LogP contribution in [0, 0.1) is 5.92 Å². The summed E-state index contributed by atoms with van der Waals surface area (Å²) in [5, 5.41) is 13.2. The van der Waals surface area contributed by atoms with E-state index in [1.54, 1.807) is 7.05 Å². The van der Waals surface area contributed by atoms with Gasteiger partial charge >= 0.3 is 0 Å². The van der Waals surface area contributed by atoms with Gasteiger partial charge in [0.15, 0.2) is 5.96 Å². The summed E-state index contributed by atoms with van der Waals surface area (Å²) in [5.41, 5.74) is 4.92. The van der Waals surface area contributed by atoms with Crippen LogP contribution in [0.25, 0.3) is 0 Å². The molecule has 4 N–H and O–H groups in total. The molecule has 0 aromatic carbocycles. The van der Waals surface area contributed by atoms with Gasteiger partial charge in [0.05, 0.1) is 5.60 Å². The highest BCUT2D eigenvalue weighted by molar-refractivity contribution is 5.77. The lowest BCUT2D eigenvalue weighted by molar-refractivity contribution is -0.00821. The lowest BCUT2D eigenvalue weighted by Crippen LogP contribution is -2.47. The van der Waals surface area contributed by atoms with Crippen LogP contribution in [0.2, 0.25) is 0 Å². The molecule has 2 atom stereocenters. The van der Waals surface area contributed by atoms with Crippen LogP contribution in [0.1, 0.15) is 32.6 Å². The molecular formula is C10H21N3O. The number of hydrogen-bond acceptors (Lipinski definition) is 2. The summed E-state index contributed by atoms with van der Waals surface area (Å²) in [5.74, 6) is 1.01. The second kappa shape index (κ2) is 4.64. The fourth-order valence-electron chi connectivity index (χ4n) is 2.13. The van der Waals surface area contributed by atoms with Crippen molar-refractivity contribution in [2.45, 2.75) is 38.2 Å². The van der Waals surface area contributed by atoms with Crippen LogP contribution in [-0.2, 0) is 0 Å². The van der Waals surface area contributed by atoms with Gasteiger partial charge in [-0.3, -0.25) is 4.99 Å². The first-order chi connectivity index (χ1) is 6.56. The Bertz CT molecular complexity index is 217. The summed E-state index contributed by atoms with van der Waals surface area (Å²) in [6.45, 7) is 2.70. The average molecular weight is 199 g/mol. The zero-order valence-electron chi connectivity index (χ0n) is 9.08. The largest absolute Gasteiger partial charge is 0.388 e. The maximum absolute atomic E-state index is 10.2. The normalized spacial score (nSPS) is 34.2. The Morgan fingerprint density at radius 2 is 2.43 bits per heavy atom. The molecule has 1 saturated carbocycles. The molecular weight excluding hydrogens is 178 g/mol. The predicted octanol–water partition coefficient (Wildman–Crippen LogP) is 0.462. The fraction of sp³-hybridized carbons (Fsp3) is 0.900. The number of nitrogens with zero attached hydrogens (tertiary/aromatic N) is 1. The van der Waals surface area contributed by atoms with Gasteiger partial charge in [-0.25, -0.2) is 0 Å². The Balaban J connectivity index is 2.40. The van der Waals surface area contributed by atoms with Crippen molar-refractivity contribution in [2.75, 3.05) is 13.6 Å². The summed E-state index contributed by atoms with van der Waals surface area (Å²) in [6.07, 6.45) is 4.04. The number of rotatable bonds is 2. The zero-order valence-corrected chi connectivity index (χ0v) is 9.08. The second-order valence-electron chi connectivity index (χ2n) is 4.39. The molecule has 2 unspecified atom stereocenters. The van der Waals surface area contributed by atoms with Gasteiger partial charge in [0.25, 0.3) is 0 Å². The van der Waals surface area contributed by atoms with E-state index in [0.717, 1.165) is 19.3 Å². The predicted molar refractivity (Wildman–Crippen MR) is 58.1 cm³/mol. The number of nitrogens with two attached hydrogens (primary N) is 1. The number of nitrogens with one attached hydrogen (secondary N) is 1. The van der Waals surface area contributed by atoms with E-state index >= 15 is 0 Å². The van der Waals surface area contributed by atoms with Gasteiger partial charge in [-0.05, 0) is 18.8 Å². The molecule has 0 spiro atoms. The molecule has 0 aromatic rings. The summed E-state index contributed by atoms with van der Waals surface area (Å²) < 4.78 is 0. The third-order valence-corrected chi connectivity index (χ3v) is 2.91. The van der Waals surface area contributed by atoms with Gasteiger partial charge in [-0.2, -0.15) is 0 Å². The molecule has 0 saturated heterocycles. The van der Waals surface area contributed by atoms with Crippen LogP contribution in [0.4, 0.5) is 0 Å². The minimum absolute atomic E-state index is 0.400. The Labute approximate surface area is 85.6 Å². The van der Waals surface area contributed by atoms with E-state index in [-0.39, 0.29) is 0 Å². The molecule has 0 aliphatic heterocycles. The quantitative estimate of drug-likeness (QED) is 0.447. The van der Waals surface area contributed by atoms with Crippen LogP contribution in [0.5, 0.6) is 0 Å². The lowest BCUT2D eigenvalue weighted by Gasteiger charge is -2.35. The summed E-state index contributed by atoms with van der Waals surface area (Å²) in [7, 11) is 1.63. The number of aliphatic hydroxyl groups is 1. The van der Waals surface area contributed by atoms with Gasteiger partial charge in [0.2, 0.25) is 0 Å². The van der Waals surface area contributed by atoms with E-state index in [2.05, 4.69) is 17.2 Å². The highest BCUT2D eigenvalue weighted by Gasteiger charge is 2.32. The number of guanidine groups is 1. The van der Waals surface area contributed by atoms with E-state index in [1.165, 1.54) is 6.42 Å². The SMILES string of the molecule is CN=C(N)NCC1(O)CCCC(C)C1. The summed E-state index contributed by atoms with van der Waals surface area (Å²) in [6, 6.07) is 0. The van der Waals surface area contributed by atoms with Crippen molar-refractivity contribution in [1.82, 2.24) is 5.32 Å². The summed E-state index contributed by atoms with van der Waals surface area (Å²) >= 11 is 0. The number of aliphatic imine (C=N–C) groups is 1. The maximum Gasteiger partial charge on any atom is 0.188 e. The standard InChI is InChI=1S/C10H21N3O/c1-8-4-3-5-10(14,6-8)7-13-9(11)12-2/h8,14H,3-7H2,1-2H3,(H3,11,12,13). The fourth-order valence-corrected chi connectivity index (χ4v) is 2.13. The van der Waals surface area contributed by atoms with Crippen LogP contribution >= 0.6 is 0 Å². The zero-order chi connectivity index (χ0) is 10.6. The molecule has 0 bridgehead atoms. The second-order valence-corrected chi connectivity index (χ2v) is 4.39. The molecule has 0 radical (unpaired) electrons. The monoisotopic (exact) mass is 199 g/mol. The van der Waals surface area contributed by atoms with Crippen molar-refractivity contribution in [3.05, 3.63) is 0 Å². The first-order valence-electron chi connectivity index (χ1n) is 5.24. The molecule has 1 aliphatic rings. The van der Waals surface area contributed by atoms with E-state index in [4.69, 9.17) is 5.73 Å². The smallest absolute Gasteiger partial charge is 0.188 e. The number of hydrogen-bond donors (Lipinski definition) is 3. The third kappa shape index (κ3) is 3.18. The molecule has 0 amide bonds. The van der Waals surface area contributed by atoms with E-state index in [0.29, 0.717) is 18.4 Å². The van der Waals surface area contributed by atoms with Crippen molar-refractivity contribution in [2.24, 2.45) is 16.6 Å². The van der Waals surface area contributed by atoms with Crippen LogP contribution < -0.4 is 11.1 Å². The molecule has 1 aliphatic carbocycles. The molecule has 4 heteroatoms. The first-order valence-corrected chi connectivity index (χ1v) is 5.24. The lowest BCUT2D eigenvalue weighted by atomic mass is 9.79. The Morgan fingerprint density at radius 3 is 3.00 bits per heavy atom. The molecule has 0 aromatic heterocycles. The van der Waals surface area contributed by atoms with Crippen molar-refractivity contribution in [3.8, 4) is 0 Å². The third-order valence-electron chi connectivity index (χ3n) is 2.91. The van der Waals surface area contributed by atoms with Crippen LogP contribution in [0.15, 0.2) is 4.99 Å². The highest BCUT2D eigenvalue weighted by Crippen LogP contribution is 2.31. The molecule has 1 fully saturated rings. The van der Waals surface area contributed by atoms with Gasteiger partial charge < -0.3 is 16.2 Å². The van der Waals surface area contributed by atoms with Crippen molar-refractivity contribution >= 4 is 5.96 Å². The topological polar surface area (TPSA) is 70.6 Å². The van der Waals surface area contributed by atoms with Gasteiger partial charge in [-0.1, -0.05) is 19.8 Å². The van der Waals surface area contributed by atoms with E-state index < -0.39 is 5.60 Å². The summed E-state index contributed by atoms with van der Waals surface area (Å²) in [4.78, 5) is 3.80. The van der Waals surface area contributed by atoms with E-state index in [9.17, 15) is 5.11 Å². The molecule has 1 rings (SSSR count). The Morgan fingerprint density at radius 1 is 1.71 bits per heavy atom. The molecule has 14 heavy (non-hydrogen) atoms. The Hall–Kier alpha value is -0.770. The van der Waals surface area contributed by atoms with E-state index in [1.807, 2.05) is 0 Å². The van der Waals surface area contributed by atoms with Gasteiger partial charge in [0, 0.05) is 13.6 Å². The first kappa shape index (κ1) is 11.3. The highest BCUT2D eigenvalue weighted by atomic mass is 16.3.